The molecule has 11 rings (SSSR count). The van der Waals surface area contributed by atoms with Crippen LogP contribution in [0.3, 0.4) is 0 Å². The van der Waals surface area contributed by atoms with Crippen LogP contribution in [0, 0.1) is 0 Å². The average Bonchev–Trinajstić information content (AvgIpc) is 3.87. The van der Waals surface area contributed by atoms with Gasteiger partial charge in [-0.2, -0.15) is 9.97 Å². The Kier molecular flexibility index (Phi) is 10.0. The molecule has 302 valence electrons. The van der Waals surface area contributed by atoms with Crippen LogP contribution in [0.4, 0.5) is 0 Å². The van der Waals surface area contributed by atoms with E-state index in [-0.39, 0.29) is 0 Å². The van der Waals surface area contributed by atoms with Crippen LogP contribution in [0.15, 0.2) is 140 Å². The molecule has 0 N–H and O–H groups in total. The fraction of sp³-hybridized carbons (Fsp3) is 0. The molecule has 0 atom stereocenters. The number of benzene rings is 8. The zero-order valence-corrected chi connectivity index (χ0v) is 39.5. The molecule has 3 aromatic heterocycles. The van der Waals surface area contributed by atoms with Gasteiger partial charge in [0.15, 0.2) is 11.6 Å². The lowest BCUT2D eigenvalue weighted by Crippen LogP contribution is -2.55. The van der Waals surface area contributed by atoms with Gasteiger partial charge in [0.05, 0.1) is 22.1 Å². The first-order valence-corrected chi connectivity index (χ1v) is 23.1. The van der Waals surface area contributed by atoms with Crippen LogP contribution in [0.1, 0.15) is 0 Å². The fourth-order valence-corrected chi connectivity index (χ4v) is 10.7. The second-order valence-electron chi connectivity index (χ2n) is 18.3. The second kappa shape index (κ2) is 15.9. The van der Waals surface area contributed by atoms with Crippen LogP contribution >= 0.6 is 0 Å². The summed E-state index contributed by atoms with van der Waals surface area (Å²) >= 11 is 0. The zero-order chi connectivity index (χ0) is 45.7. The van der Waals surface area contributed by atoms with Crippen molar-refractivity contribution in [3.63, 3.8) is 0 Å². The molecule has 15 heteroatoms. The Morgan fingerprint density at radius 3 is 1.23 bits per heavy atom. The molecule has 0 bridgehead atoms. The number of para-hydroxylation sites is 2. The van der Waals surface area contributed by atoms with Gasteiger partial charge < -0.3 is 4.57 Å². The van der Waals surface area contributed by atoms with Crippen LogP contribution in [-0.4, -0.2) is 103 Å². The minimum absolute atomic E-state index is 0.610. The maximum atomic E-state index is 5.52. The van der Waals surface area contributed by atoms with E-state index in [0.717, 1.165) is 44.3 Å². The maximum absolute atomic E-state index is 5.52. The van der Waals surface area contributed by atoms with E-state index in [0.29, 0.717) is 17.6 Å². The molecule has 11 aromatic rings. The van der Waals surface area contributed by atoms with Crippen molar-refractivity contribution in [2.45, 2.75) is 0 Å². The molecule has 0 fully saturated rings. The smallest absolute Gasteiger partial charge is 0.238 e. The predicted molar refractivity (Wildman–Crippen MR) is 312 cm³/mol. The summed E-state index contributed by atoms with van der Waals surface area (Å²) in [5, 5.41) is 4.73. The van der Waals surface area contributed by atoms with Crippen LogP contribution in [0.5, 0.6) is 0 Å². The molecule has 66 heavy (non-hydrogen) atoms. The first-order chi connectivity index (χ1) is 31.9. The van der Waals surface area contributed by atoms with Crippen LogP contribution in [0.25, 0.3) is 100 Å². The quantitative estimate of drug-likeness (QED) is 0.159. The predicted octanol–water partition coefficient (Wildman–Crippen LogP) is -4.68. The average molecular weight is 834 g/mol. The summed E-state index contributed by atoms with van der Waals surface area (Å²) in [7, 11) is 22.2. The summed E-state index contributed by atoms with van der Waals surface area (Å²) in [6.45, 7) is 0. The van der Waals surface area contributed by atoms with Gasteiger partial charge in [-0.25, -0.2) is 4.98 Å². The van der Waals surface area contributed by atoms with E-state index in [1.165, 1.54) is 93.0 Å². The molecule has 0 amide bonds. The Balaban J connectivity index is 1.19. The minimum Gasteiger partial charge on any atom is -0.309 e. The van der Waals surface area contributed by atoms with E-state index in [1.807, 2.05) is 0 Å². The Labute approximate surface area is 395 Å². The molecule has 0 aliphatic rings. The molecule has 8 aromatic carbocycles. The summed E-state index contributed by atoms with van der Waals surface area (Å²) in [6.07, 6.45) is 0. The number of aromatic nitrogens is 5. The molecule has 0 spiro atoms. The van der Waals surface area contributed by atoms with Gasteiger partial charge in [0, 0.05) is 38.4 Å². The van der Waals surface area contributed by atoms with Gasteiger partial charge >= 0.3 is 0 Å². The van der Waals surface area contributed by atoms with Gasteiger partial charge in [-0.1, -0.05) is 119 Å². The first kappa shape index (κ1) is 41.7. The van der Waals surface area contributed by atoms with Gasteiger partial charge in [-0.15, -0.1) is 32.8 Å². The molecule has 0 saturated carbocycles. The molecular weight excluding hydrogens is 791 g/mol. The first-order valence-electron chi connectivity index (χ1n) is 23.1. The van der Waals surface area contributed by atoms with Crippen LogP contribution < -0.4 is 54.6 Å². The normalized spacial score (nSPS) is 11.6. The number of nitrogens with zero attached hydrogens (tertiary/aromatic N) is 5. The van der Waals surface area contributed by atoms with Crippen molar-refractivity contribution in [3.8, 4) is 56.7 Å². The van der Waals surface area contributed by atoms with Gasteiger partial charge in [0.2, 0.25) is 5.95 Å². The molecule has 0 aliphatic carbocycles. The Hall–Kier alpha value is -6.98. The third-order valence-electron chi connectivity index (χ3n) is 15.1. The van der Waals surface area contributed by atoms with Crippen molar-refractivity contribution in [1.82, 2.24) is 24.1 Å². The molecule has 5 nitrogen and oxygen atoms in total. The fourth-order valence-electron chi connectivity index (χ4n) is 10.7. The molecule has 0 unspecified atom stereocenters. The van der Waals surface area contributed by atoms with Gasteiger partial charge in [-0.05, 0) is 64.7 Å². The Morgan fingerprint density at radius 2 is 0.697 bits per heavy atom. The summed E-state index contributed by atoms with van der Waals surface area (Å²) in [6, 6.07) is 50.6. The SMILES string of the molecule is Bc1c(B)c(B)c(-c2nc(-c3c(B)c(B)c(B)c(B)c3B)nc(-n3c4ccccc4c4c5c6ccccc6n(-c6cccc(-c7cccc(-c8ccccc8)c7)c6)c5ccc43)n2)c(B)c1B. The van der Waals surface area contributed by atoms with Gasteiger partial charge in [0.1, 0.15) is 78.5 Å². The molecule has 0 radical (unpaired) electrons. The highest BCUT2D eigenvalue weighted by Gasteiger charge is 2.25. The van der Waals surface area contributed by atoms with E-state index < -0.39 is 0 Å². The summed E-state index contributed by atoms with van der Waals surface area (Å²) in [4.78, 5) is 16.5. The topological polar surface area (TPSA) is 48.5 Å². The second-order valence-corrected chi connectivity index (χ2v) is 18.3. The number of hydrogen-bond donors (Lipinski definition) is 0. The molecular formula is C51H43B10N5. The number of fused-ring (bicyclic) bond motifs is 7. The minimum atomic E-state index is 0.610. The number of hydrogen-bond acceptors (Lipinski definition) is 3. The number of rotatable bonds is 6. The van der Waals surface area contributed by atoms with Crippen molar-refractivity contribution < 1.29 is 0 Å². The molecule has 0 saturated heterocycles. The molecule has 0 aliphatic heterocycles. The van der Waals surface area contributed by atoms with Gasteiger partial charge in [-0.3, -0.25) is 4.57 Å². The van der Waals surface area contributed by atoms with Crippen molar-refractivity contribution >= 4 is 177 Å². The Morgan fingerprint density at radius 1 is 0.303 bits per heavy atom. The van der Waals surface area contributed by atoms with E-state index in [2.05, 4.69) is 227 Å². The van der Waals surface area contributed by atoms with Crippen molar-refractivity contribution in [2.75, 3.05) is 0 Å². The lowest BCUT2D eigenvalue weighted by molar-refractivity contribution is 0.956. The summed E-state index contributed by atoms with van der Waals surface area (Å²) in [5.74, 6) is 2.01. The highest BCUT2D eigenvalue weighted by Crippen LogP contribution is 2.42. The van der Waals surface area contributed by atoms with Crippen molar-refractivity contribution in [2.24, 2.45) is 0 Å². The summed E-state index contributed by atoms with van der Waals surface area (Å²) < 4.78 is 4.71. The Bertz CT molecular complexity index is 3700. The standard InChI is InChI=1S/C51H43B10N5/c52-39-37(40(53)44(57)47(60)43(39)56)49-62-50(38-41(54)45(58)48(61)46(59)42(38)55)64-51(63-49)66-32-19-7-5-17-30(32)36-34(66)21-20-33-35(36)29-16-4-6-18-31(29)65(33)28-15-9-14-27(23-28)26-13-8-12-25(22-26)24-10-2-1-3-11-24/h1-23H,52-61H2. The van der Waals surface area contributed by atoms with E-state index in [4.69, 9.17) is 15.0 Å². The highest BCUT2D eigenvalue weighted by atomic mass is 15.2. The van der Waals surface area contributed by atoms with Crippen LogP contribution in [-0.2, 0) is 0 Å². The third-order valence-corrected chi connectivity index (χ3v) is 15.1. The molecule has 3 heterocycles. The van der Waals surface area contributed by atoms with E-state index in [9.17, 15) is 0 Å². The highest BCUT2D eigenvalue weighted by molar-refractivity contribution is 6.70. The van der Waals surface area contributed by atoms with Crippen molar-refractivity contribution in [3.05, 3.63) is 140 Å². The van der Waals surface area contributed by atoms with Crippen molar-refractivity contribution in [1.29, 1.82) is 0 Å². The third kappa shape index (κ3) is 6.34. The van der Waals surface area contributed by atoms with E-state index in [1.54, 1.807) is 0 Å². The summed E-state index contributed by atoms with van der Waals surface area (Å²) in [5.41, 5.74) is 25.0. The lowest BCUT2D eigenvalue weighted by atomic mass is 9.60. The monoisotopic (exact) mass is 835 g/mol. The van der Waals surface area contributed by atoms with Crippen LogP contribution in [0.2, 0.25) is 0 Å². The largest absolute Gasteiger partial charge is 0.309 e. The maximum Gasteiger partial charge on any atom is 0.238 e. The van der Waals surface area contributed by atoms with E-state index >= 15 is 0 Å². The lowest BCUT2D eigenvalue weighted by Gasteiger charge is -2.22. The van der Waals surface area contributed by atoms with Gasteiger partial charge in [0.25, 0.3) is 0 Å². The zero-order valence-electron chi connectivity index (χ0n) is 39.5.